The van der Waals surface area contributed by atoms with Gasteiger partial charge in [0.15, 0.2) is 0 Å². The van der Waals surface area contributed by atoms with Crippen LogP contribution in [0.15, 0.2) is 24.3 Å². The third-order valence-electron chi connectivity index (χ3n) is 3.97. The number of aryl methyl sites for hydroxylation is 1. The number of benzene rings is 1. The second-order valence-electron chi connectivity index (χ2n) is 6.58. The van der Waals surface area contributed by atoms with Crippen molar-refractivity contribution < 1.29 is 0 Å². The van der Waals surface area contributed by atoms with Gasteiger partial charge in [-0.15, -0.1) is 0 Å². The van der Waals surface area contributed by atoms with Gasteiger partial charge in [0.1, 0.15) is 5.82 Å². The fourth-order valence-corrected chi connectivity index (χ4v) is 2.72. The van der Waals surface area contributed by atoms with E-state index < -0.39 is 0 Å². The van der Waals surface area contributed by atoms with Gasteiger partial charge in [-0.1, -0.05) is 39.8 Å². The molecule has 0 aliphatic rings. The lowest BCUT2D eigenvalue weighted by molar-refractivity contribution is 0.254. The summed E-state index contributed by atoms with van der Waals surface area (Å²) in [5, 5.41) is 3.47. The molecule has 3 nitrogen and oxygen atoms in total. The number of aromatic nitrogens is 2. The third kappa shape index (κ3) is 3.04. The number of nitrogens with zero attached hydrogens (tertiary/aromatic N) is 2. The van der Waals surface area contributed by atoms with Gasteiger partial charge in [-0.05, 0) is 31.0 Å². The maximum Gasteiger partial charge on any atom is 0.109 e. The summed E-state index contributed by atoms with van der Waals surface area (Å²) in [4.78, 5) is 4.81. The summed E-state index contributed by atoms with van der Waals surface area (Å²) < 4.78 is 2.39. The molecule has 20 heavy (non-hydrogen) atoms. The average Bonchev–Trinajstić information content (AvgIpc) is 2.72. The molecule has 0 saturated carbocycles. The number of imidazole rings is 1. The highest BCUT2D eigenvalue weighted by Crippen LogP contribution is 2.24. The molecule has 1 atom stereocenters. The molecule has 2 rings (SSSR count). The van der Waals surface area contributed by atoms with Crippen molar-refractivity contribution in [2.24, 2.45) is 5.41 Å². The van der Waals surface area contributed by atoms with Gasteiger partial charge in [-0.25, -0.2) is 4.98 Å². The van der Waals surface area contributed by atoms with Crippen LogP contribution in [0.2, 0.25) is 0 Å². The molecule has 0 amide bonds. The minimum absolute atomic E-state index is 0.226. The molecule has 0 fully saturated rings. The standard InChI is InChI=1S/C17H27N3/c1-6-9-16-19-13-10-7-8-11-14(13)20(16)12-15(18-5)17(2,3)4/h7-8,10-11,15,18H,6,9,12H2,1-5H3. The van der Waals surface area contributed by atoms with Crippen molar-refractivity contribution in [1.82, 2.24) is 14.9 Å². The lowest BCUT2D eigenvalue weighted by Crippen LogP contribution is -2.41. The highest BCUT2D eigenvalue weighted by atomic mass is 15.1. The Kier molecular flexibility index (Phi) is 4.48. The molecule has 1 unspecified atom stereocenters. The summed E-state index contributed by atoms with van der Waals surface area (Å²) >= 11 is 0. The Hall–Kier alpha value is -1.35. The summed E-state index contributed by atoms with van der Waals surface area (Å²) in [6, 6.07) is 8.87. The molecule has 2 aromatic rings. The van der Waals surface area contributed by atoms with Crippen LogP contribution in [0, 0.1) is 5.41 Å². The Bertz CT molecular complexity index is 563. The van der Waals surface area contributed by atoms with Crippen molar-refractivity contribution in [3.63, 3.8) is 0 Å². The molecule has 1 N–H and O–H groups in total. The minimum Gasteiger partial charge on any atom is -0.326 e. The predicted molar refractivity (Wildman–Crippen MR) is 86.0 cm³/mol. The van der Waals surface area contributed by atoms with E-state index in [4.69, 9.17) is 4.98 Å². The molecule has 1 aromatic carbocycles. The monoisotopic (exact) mass is 273 g/mol. The fourth-order valence-electron chi connectivity index (χ4n) is 2.72. The predicted octanol–water partition coefficient (Wildman–Crippen LogP) is 3.62. The van der Waals surface area contributed by atoms with E-state index in [1.54, 1.807) is 0 Å². The zero-order chi connectivity index (χ0) is 14.8. The van der Waals surface area contributed by atoms with Gasteiger partial charge in [-0.2, -0.15) is 0 Å². The van der Waals surface area contributed by atoms with Crippen LogP contribution in [-0.4, -0.2) is 22.6 Å². The lowest BCUT2D eigenvalue weighted by atomic mass is 9.86. The number of hydrogen-bond acceptors (Lipinski definition) is 2. The first-order valence-corrected chi connectivity index (χ1v) is 7.58. The molecule has 1 heterocycles. The lowest BCUT2D eigenvalue weighted by Gasteiger charge is -2.31. The zero-order valence-electron chi connectivity index (χ0n) is 13.4. The van der Waals surface area contributed by atoms with Crippen molar-refractivity contribution in [2.45, 2.75) is 53.1 Å². The summed E-state index contributed by atoms with van der Waals surface area (Å²) in [7, 11) is 2.05. The number of fused-ring (bicyclic) bond motifs is 1. The number of rotatable bonds is 5. The van der Waals surface area contributed by atoms with E-state index in [-0.39, 0.29) is 5.41 Å². The van der Waals surface area contributed by atoms with Gasteiger partial charge in [0.25, 0.3) is 0 Å². The van der Waals surface area contributed by atoms with E-state index in [2.05, 4.69) is 68.9 Å². The quantitative estimate of drug-likeness (QED) is 0.901. The Labute approximate surface area is 122 Å². The van der Waals surface area contributed by atoms with Crippen molar-refractivity contribution >= 4 is 11.0 Å². The van der Waals surface area contributed by atoms with Crippen LogP contribution >= 0.6 is 0 Å². The molecule has 0 radical (unpaired) electrons. The van der Waals surface area contributed by atoms with Crippen molar-refractivity contribution in [1.29, 1.82) is 0 Å². The number of nitrogens with one attached hydrogen (secondary N) is 1. The van der Waals surface area contributed by atoms with Gasteiger partial charge < -0.3 is 9.88 Å². The molecule has 1 aromatic heterocycles. The second kappa shape index (κ2) is 5.96. The normalized spacial score (nSPS) is 13.8. The highest BCUT2D eigenvalue weighted by Gasteiger charge is 2.24. The van der Waals surface area contributed by atoms with Crippen LogP contribution in [-0.2, 0) is 13.0 Å². The maximum absolute atomic E-state index is 4.81. The SMILES string of the molecule is CCCc1nc2ccccc2n1CC(NC)C(C)(C)C. The van der Waals surface area contributed by atoms with Crippen LogP contribution in [0.5, 0.6) is 0 Å². The first-order chi connectivity index (χ1) is 9.47. The molecule has 110 valence electrons. The van der Waals surface area contributed by atoms with Gasteiger partial charge in [-0.3, -0.25) is 0 Å². The molecule has 0 saturated heterocycles. The van der Waals surface area contributed by atoms with E-state index in [0.29, 0.717) is 6.04 Å². The van der Waals surface area contributed by atoms with Crippen LogP contribution < -0.4 is 5.32 Å². The average molecular weight is 273 g/mol. The number of hydrogen-bond donors (Lipinski definition) is 1. The van der Waals surface area contributed by atoms with Gasteiger partial charge in [0.2, 0.25) is 0 Å². The largest absolute Gasteiger partial charge is 0.326 e. The maximum atomic E-state index is 4.81. The van der Waals surface area contributed by atoms with E-state index in [1.165, 1.54) is 11.3 Å². The Balaban J connectivity index is 2.43. The Morgan fingerprint density at radius 3 is 2.55 bits per heavy atom. The molecular weight excluding hydrogens is 246 g/mol. The Morgan fingerprint density at radius 1 is 1.25 bits per heavy atom. The molecule has 0 bridgehead atoms. The topological polar surface area (TPSA) is 29.9 Å². The van der Waals surface area contributed by atoms with Crippen LogP contribution in [0.25, 0.3) is 11.0 Å². The first kappa shape index (κ1) is 15.0. The first-order valence-electron chi connectivity index (χ1n) is 7.58. The molecule has 0 aliphatic heterocycles. The van der Waals surface area contributed by atoms with E-state index in [9.17, 15) is 0 Å². The molecule has 0 aliphatic carbocycles. The summed E-state index contributed by atoms with van der Waals surface area (Å²) in [5.74, 6) is 1.21. The van der Waals surface area contributed by atoms with Gasteiger partial charge in [0.05, 0.1) is 11.0 Å². The molecule has 3 heteroatoms. The van der Waals surface area contributed by atoms with Gasteiger partial charge >= 0.3 is 0 Å². The summed E-state index contributed by atoms with van der Waals surface area (Å²) in [6.07, 6.45) is 2.16. The zero-order valence-corrected chi connectivity index (χ0v) is 13.4. The smallest absolute Gasteiger partial charge is 0.109 e. The second-order valence-corrected chi connectivity index (χ2v) is 6.58. The minimum atomic E-state index is 0.226. The van der Waals surface area contributed by atoms with Crippen molar-refractivity contribution in [3.05, 3.63) is 30.1 Å². The molecule has 0 spiro atoms. The summed E-state index contributed by atoms with van der Waals surface area (Å²) in [6.45, 7) is 10.0. The highest BCUT2D eigenvalue weighted by molar-refractivity contribution is 5.75. The van der Waals surface area contributed by atoms with E-state index in [0.717, 1.165) is 24.9 Å². The summed E-state index contributed by atoms with van der Waals surface area (Å²) in [5.41, 5.74) is 2.59. The van der Waals surface area contributed by atoms with Crippen molar-refractivity contribution in [2.75, 3.05) is 7.05 Å². The third-order valence-corrected chi connectivity index (χ3v) is 3.97. The molecular formula is C17H27N3. The fraction of sp³-hybridized carbons (Fsp3) is 0.588. The number of para-hydroxylation sites is 2. The Morgan fingerprint density at radius 2 is 1.95 bits per heavy atom. The van der Waals surface area contributed by atoms with Crippen LogP contribution in [0.3, 0.4) is 0 Å². The van der Waals surface area contributed by atoms with Crippen LogP contribution in [0.1, 0.15) is 39.9 Å². The van der Waals surface area contributed by atoms with Crippen LogP contribution in [0.4, 0.5) is 0 Å². The van der Waals surface area contributed by atoms with Crippen molar-refractivity contribution in [3.8, 4) is 0 Å². The van der Waals surface area contributed by atoms with E-state index >= 15 is 0 Å². The number of likely N-dealkylation sites (N-methyl/N-ethyl adjacent to an activating group) is 1. The van der Waals surface area contributed by atoms with Gasteiger partial charge in [0, 0.05) is 19.0 Å². The van der Waals surface area contributed by atoms with E-state index in [1.807, 2.05) is 0 Å².